The van der Waals surface area contributed by atoms with Gasteiger partial charge in [0.1, 0.15) is 5.75 Å². The molecule has 1 saturated heterocycles. The molecule has 5 heteroatoms. The minimum Gasteiger partial charge on any atom is -0.507 e. The molecule has 0 aromatic heterocycles. The first-order valence-electron chi connectivity index (χ1n) is 7.51. The van der Waals surface area contributed by atoms with Crippen LogP contribution in [-0.4, -0.2) is 23.1 Å². The Kier molecular flexibility index (Phi) is 5.14. The first kappa shape index (κ1) is 16.1. The third-order valence-electron chi connectivity index (χ3n) is 4.29. The maximum atomic E-state index is 12.8. The van der Waals surface area contributed by atoms with Gasteiger partial charge in [0.15, 0.2) is 0 Å². The van der Waals surface area contributed by atoms with Crippen LogP contribution in [0.1, 0.15) is 43.7 Å². The number of nitrogens with zero attached hydrogens (tertiary/aromatic N) is 1. The van der Waals surface area contributed by atoms with Gasteiger partial charge in [-0.2, -0.15) is 13.2 Å². The van der Waals surface area contributed by atoms with E-state index in [-0.39, 0.29) is 0 Å². The molecule has 0 bridgehead atoms. The Labute approximate surface area is 123 Å². The van der Waals surface area contributed by atoms with Crippen molar-refractivity contribution in [3.05, 3.63) is 29.3 Å². The van der Waals surface area contributed by atoms with Crippen molar-refractivity contribution in [2.24, 2.45) is 5.92 Å². The molecule has 1 aliphatic rings. The van der Waals surface area contributed by atoms with Gasteiger partial charge in [-0.15, -0.1) is 0 Å². The highest BCUT2D eigenvalue weighted by Crippen LogP contribution is 2.36. The van der Waals surface area contributed by atoms with E-state index in [1.807, 2.05) is 0 Å². The van der Waals surface area contributed by atoms with E-state index in [1.165, 1.54) is 12.8 Å². The van der Waals surface area contributed by atoms with E-state index in [2.05, 4.69) is 11.8 Å². The molecule has 0 radical (unpaired) electrons. The standard InChI is InChI=1S/C16H22F3NO/c1-2-12-4-3-8-20(9-7-12)11-13-5-6-15(21)14(10-13)16(17,18)19/h5-6,10,12,21H,2-4,7-9,11H2,1H3. The molecule has 1 heterocycles. The first-order chi connectivity index (χ1) is 9.90. The van der Waals surface area contributed by atoms with Crippen molar-refractivity contribution in [3.8, 4) is 5.75 Å². The lowest BCUT2D eigenvalue weighted by Gasteiger charge is -2.21. The highest BCUT2D eigenvalue weighted by Gasteiger charge is 2.34. The summed E-state index contributed by atoms with van der Waals surface area (Å²) in [6.45, 7) is 4.56. The van der Waals surface area contributed by atoms with Crippen molar-refractivity contribution in [1.29, 1.82) is 0 Å². The van der Waals surface area contributed by atoms with Gasteiger partial charge in [-0.3, -0.25) is 4.90 Å². The number of hydrogen-bond donors (Lipinski definition) is 1. The maximum Gasteiger partial charge on any atom is 0.419 e. The molecule has 21 heavy (non-hydrogen) atoms. The molecule has 2 rings (SSSR count). The SMILES string of the molecule is CCC1CCCN(Cc2ccc(O)c(C(F)(F)F)c2)CC1. The molecule has 1 aliphatic heterocycles. The molecule has 1 aromatic carbocycles. The van der Waals surface area contributed by atoms with Crippen LogP contribution in [0.3, 0.4) is 0 Å². The lowest BCUT2D eigenvalue weighted by atomic mass is 9.98. The summed E-state index contributed by atoms with van der Waals surface area (Å²) >= 11 is 0. The van der Waals surface area contributed by atoms with Gasteiger partial charge in [0.25, 0.3) is 0 Å². The summed E-state index contributed by atoms with van der Waals surface area (Å²) in [6, 6.07) is 3.79. The van der Waals surface area contributed by atoms with E-state index >= 15 is 0 Å². The van der Waals surface area contributed by atoms with E-state index in [4.69, 9.17) is 0 Å². The van der Waals surface area contributed by atoms with E-state index in [1.54, 1.807) is 6.07 Å². The predicted octanol–water partition coefficient (Wildman–Crippen LogP) is 4.42. The van der Waals surface area contributed by atoms with Crippen molar-refractivity contribution >= 4 is 0 Å². The van der Waals surface area contributed by atoms with Crippen LogP contribution in [0, 0.1) is 5.92 Å². The quantitative estimate of drug-likeness (QED) is 0.893. The maximum absolute atomic E-state index is 12.8. The molecule has 118 valence electrons. The second-order valence-electron chi connectivity index (χ2n) is 5.83. The van der Waals surface area contributed by atoms with Crippen LogP contribution in [0.4, 0.5) is 13.2 Å². The number of likely N-dealkylation sites (tertiary alicyclic amines) is 1. The molecule has 0 spiro atoms. The highest BCUT2D eigenvalue weighted by atomic mass is 19.4. The number of benzene rings is 1. The lowest BCUT2D eigenvalue weighted by molar-refractivity contribution is -0.138. The average molecular weight is 301 g/mol. The van der Waals surface area contributed by atoms with Crippen LogP contribution in [0.2, 0.25) is 0 Å². The van der Waals surface area contributed by atoms with Crippen molar-refractivity contribution in [3.63, 3.8) is 0 Å². The second-order valence-corrected chi connectivity index (χ2v) is 5.83. The van der Waals surface area contributed by atoms with Gasteiger partial charge in [0, 0.05) is 6.54 Å². The second kappa shape index (κ2) is 6.69. The van der Waals surface area contributed by atoms with Gasteiger partial charge in [-0.05, 0) is 56.0 Å². The largest absolute Gasteiger partial charge is 0.507 e. The molecule has 0 aliphatic carbocycles. The van der Waals surface area contributed by atoms with Gasteiger partial charge >= 0.3 is 6.18 Å². The zero-order chi connectivity index (χ0) is 15.5. The molecule has 0 amide bonds. The average Bonchev–Trinajstić information content (AvgIpc) is 2.65. The molecule has 2 nitrogen and oxygen atoms in total. The Morgan fingerprint density at radius 3 is 2.67 bits per heavy atom. The van der Waals surface area contributed by atoms with E-state index in [0.717, 1.165) is 44.0 Å². The first-order valence-corrected chi connectivity index (χ1v) is 7.51. The summed E-state index contributed by atoms with van der Waals surface area (Å²) in [5.74, 6) is 0.0358. The molecular weight excluding hydrogens is 279 g/mol. The number of rotatable bonds is 3. The van der Waals surface area contributed by atoms with Gasteiger partial charge in [-0.25, -0.2) is 0 Å². The third-order valence-corrected chi connectivity index (χ3v) is 4.29. The van der Waals surface area contributed by atoms with Gasteiger partial charge < -0.3 is 5.11 Å². The molecular formula is C16H22F3NO. The summed E-state index contributed by atoms with van der Waals surface area (Å²) in [4.78, 5) is 2.21. The van der Waals surface area contributed by atoms with E-state index in [9.17, 15) is 18.3 Å². The summed E-state index contributed by atoms with van der Waals surface area (Å²) in [5.41, 5.74) is -0.337. The number of alkyl halides is 3. The Hall–Kier alpha value is -1.23. The summed E-state index contributed by atoms with van der Waals surface area (Å²) < 4.78 is 38.4. The van der Waals surface area contributed by atoms with Crippen LogP contribution in [-0.2, 0) is 12.7 Å². The Balaban J connectivity index is 2.06. The van der Waals surface area contributed by atoms with Crippen molar-refractivity contribution in [2.45, 2.75) is 45.3 Å². The monoisotopic (exact) mass is 301 g/mol. The number of phenols is 1. The smallest absolute Gasteiger partial charge is 0.419 e. The predicted molar refractivity (Wildman–Crippen MR) is 76.0 cm³/mol. The van der Waals surface area contributed by atoms with E-state index in [0.29, 0.717) is 12.1 Å². The van der Waals surface area contributed by atoms with Gasteiger partial charge in [0.2, 0.25) is 0 Å². The van der Waals surface area contributed by atoms with Gasteiger partial charge in [-0.1, -0.05) is 19.4 Å². The van der Waals surface area contributed by atoms with Crippen LogP contribution in [0.5, 0.6) is 5.75 Å². The number of phenolic OH excluding ortho intramolecular Hbond substituents is 1. The van der Waals surface area contributed by atoms with Crippen LogP contribution in [0.15, 0.2) is 18.2 Å². The Bertz CT molecular complexity index is 473. The highest BCUT2D eigenvalue weighted by molar-refractivity contribution is 5.38. The fraction of sp³-hybridized carbons (Fsp3) is 0.625. The minimum absolute atomic E-state index is 0.514. The zero-order valence-electron chi connectivity index (χ0n) is 12.3. The zero-order valence-corrected chi connectivity index (χ0v) is 12.3. The molecule has 1 unspecified atom stereocenters. The third kappa shape index (κ3) is 4.37. The Morgan fingerprint density at radius 2 is 2.00 bits per heavy atom. The number of hydrogen-bond acceptors (Lipinski definition) is 2. The topological polar surface area (TPSA) is 23.5 Å². The molecule has 1 aromatic rings. The lowest BCUT2D eigenvalue weighted by Crippen LogP contribution is -2.24. The molecule has 1 atom stereocenters. The van der Waals surface area contributed by atoms with Crippen LogP contribution in [0.25, 0.3) is 0 Å². The summed E-state index contributed by atoms with van der Waals surface area (Å²) in [6.07, 6.45) is 0.0806. The minimum atomic E-state index is -4.51. The molecule has 0 saturated carbocycles. The molecule has 1 N–H and O–H groups in total. The van der Waals surface area contributed by atoms with Crippen molar-refractivity contribution in [2.75, 3.05) is 13.1 Å². The van der Waals surface area contributed by atoms with Crippen LogP contribution >= 0.6 is 0 Å². The van der Waals surface area contributed by atoms with Crippen LogP contribution < -0.4 is 0 Å². The normalized spacial score (nSPS) is 21.2. The van der Waals surface area contributed by atoms with Gasteiger partial charge in [0.05, 0.1) is 5.56 Å². The molecule has 1 fully saturated rings. The summed E-state index contributed by atoms with van der Waals surface area (Å²) in [7, 11) is 0. The van der Waals surface area contributed by atoms with Crippen molar-refractivity contribution < 1.29 is 18.3 Å². The fourth-order valence-corrected chi connectivity index (χ4v) is 2.96. The summed E-state index contributed by atoms with van der Waals surface area (Å²) in [5, 5.41) is 9.35. The Morgan fingerprint density at radius 1 is 1.24 bits per heavy atom. The van der Waals surface area contributed by atoms with Crippen molar-refractivity contribution in [1.82, 2.24) is 4.90 Å². The number of halogens is 3. The number of aromatic hydroxyl groups is 1. The fourth-order valence-electron chi connectivity index (χ4n) is 2.96. The van der Waals surface area contributed by atoms with E-state index < -0.39 is 17.5 Å².